The van der Waals surface area contributed by atoms with Crippen LogP contribution in [-0.2, 0) is 19.4 Å². The third-order valence-electron chi connectivity index (χ3n) is 5.86. The topological polar surface area (TPSA) is 89.0 Å². The van der Waals surface area contributed by atoms with Crippen LogP contribution in [0.2, 0.25) is 0 Å². The SMILES string of the molecule is COc1ccc(S(=O)(=O)CCC(=O)N(CCN2CCOCC2)c2nc3ccc(SC)cc3s2)cc1. The number of nitrogens with zero attached hydrogens (tertiary/aromatic N) is 3. The van der Waals surface area contributed by atoms with Crippen LogP contribution >= 0.6 is 23.1 Å². The van der Waals surface area contributed by atoms with Crippen molar-refractivity contribution < 1.29 is 22.7 Å². The van der Waals surface area contributed by atoms with Gasteiger partial charge in [-0.15, -0.1) is 11.8 Å². The molecule has 0 bridgehead atoms. The molecule has 2 aromatic carbocycles. The van der Waals surface area contributed by atoms with Crippen molar-refractivity contribution in [2.45, 2.75) is 16.2 Å². The second-order valence-corrected chi connectivity index (χ2v) is 12.1. The molecule has 188 valence electrons. The molecule has 2 heterocycles. The Kier molecular flexibility index (Phi) is 8.66. The van der Waals surface area contributed by atoms with Gasteiger partial charge >= 0.3 is 0 Å². The van der Waals surface area contributed by atoms with E-state index in [1.807, 2.05) is 18.4 Å². The summed E-state index contributed by atoms with van der Waals surface area (Å²) in [5.41, 5.74) is 0.831. The number of fused-ring (bicyclic) bond motifs is 1. The summed E-state index contributed by atoms with van der Waals surface area (Å²) in [4.78, 5) is 23.3. The molecular weight excluding hydrogens is 506 g/mol. The molecule has 1 aromatic heterocycles. The van der Waals surface area contributed by atoms with Crippen LogP contribution in [0.4, 0.5) is 5.13 Å². The molecule has 1 fully saturated rings. The molecule has 4 rings (SSSR count). The van der Waals surface area contributed by atoms with E-state index >= 15 is 0 Å². The maximum Gasteiger partial charge on any atom is 0.229 e. The summed E-state index contributed by atoms with van der Waals surface area (Å²) in [6.45, 7) is 4.08. The van der Waals surface area contributed by atoms with Gasteiger partial charge in [-0.2, -0.15) is 0 Å². The predicted molar refractivity (Wildman–Crippen MR) is 141 cm³/mol. The van der Waals surface area contributed by atoms with Crippen LogP contribution in [0.1, 0.15) is 6.42 Å². The van der Waals surface area contributed by atoms with Gasteiger partial charge in [0, 0.05) is 37.5 Å². The smallest absolute Gasteiger partial charge is 0.229 e. The Morgan fingerprint density at radius 2 is 1.94 bits per heavy atom. The summed E-state index contributed by atoms with van der Waals surface area (Å²) in [5.74, 6) is 0.0579. The van der Waals surface area contributed by atoms with Crippen molar-refractivity contribution >= 4 is 54.2 Å². The minimum absolute atomic E-state index is 0.122. The first-order valence-corrected chi connectivity index (χ1v) is 15.0. The Balaban J connectivity index is 1.51. The number of rotatable bonds is 10. The summed E-state index contributed by atoms with van der Waals surface area (Å²) in [6, 6.07) is 12.3. The highest BCUT2D eigenvalue weighted by Crippen LogP contribution is 2.32. The zero-order valence-corrected chi connectivity index (χ0v) is 22.3. The molecule has 1 aliphatic rings. The number of morpholine rings is 1. The molecule has 3 aromatic rings. The van der Waals surface area contributed by atoms with Gasteiger partial charge in [0.2, 0.25) is 5.91 Å². The molecule has 0 atom stereocenters. The summed E-state index contributed by atoms with van der Waals surface area (Å²) < 4.78 is 37.3. The van der Waals surface area contributed by atoms with Gasteiger partial charge in [-0.3, -0.25) is 14.6 Å². The number of thioether (sulfide) groups is 1. The average molecular weight is 536 g/mol. The number of sulfone groups is 1. The van der Waals surface area contributed by atoms with Crippen molar-refractivity contribution in [2.75, 3.05) is 63.4 Å². The highest BCUT2D eigenvalue weighted by atomic mass is 32.2. The number of benzene rings is 2. The summed E-state index contributed by atoms with van der Waals surface area (Å²) >= 11 is 3.11. The van der Waals surface area contributed by atoms with Crippen molar-refractivity contribution in [3.05, 3.63) is 42.5 Å². The van der Waals surface area contributed by atoms with Gasteiger partial charge in [-0.05, 0) is 48.7 Å². The van der Waals surface area contributed by atoms with Crippen molar-refractivity contribution in [3.63, 3.8) is 0 Å². The highest BCUT2D eigenvalue weighted by Gasteiger charge is 2.24. The molecule has 0 spiro atoms. The highest BCUT2D eigenvalue weighted by molar-refractivity contribution is 7.98. The normalized spacial score (nSPS) is 14.8. The maximum atomic E-state index is 13.4. The molecule has 0 N–H and O–H groups in total. The molecular formula is C24H29N3O5S3. The molecule has 0 saturated carbocycles. The van der Waals surface area contributed by atoms with Gasteiger partial charge in [0.05, 0.1) is 41.2 Å². The zero-order valence-electron chi connectivity index (χ0n) is 19.8. The monoisotopic (exact) mass is 535 g/mol. The fourth-order valence-electron chi connectivity index (χ4n) is 3.79. The molecule has 1 saturated heterocycles. The first-order chi connectivity index (χ1) is 16.9. The third-order valence-corrected chi connectivity index (χ3v) is 9.36. The van der Waals surface area contributed by atoms with Crippen molar-refractivity contribution in [2.24, 2.45) is 0 Å². The number of ether oxygens (including phenoxy) is 2. The lowest BCUT2D eigenvalue weighted by Gasteiger charge is -2.29. The molecule has 1 aliphatic heterocycles. The zero-order chi connectivity index (χ0) is 24.8. The Labute approximate surface area is 214 Å². The number of carbonyl (C=O) groups is 1. The van der Waals surface area contributed by atoms with Crippen LogP contribution in [0.25, 0.3) is 10.2 Å². The lowest BCUT2D eigenvalue weighted by atomic mass is 10.3. The number of methoxy groups -OCH3 is 1. The van der Waals surface area contributed by atoms with E-state index in [1.54, 1.807) is 28.8 Å². The second-order valence-electron chi connectivity index (χ2n) is 8.07. The number of aromatic nitrogens is 1. The van der Waals surface area contributed by atoms with E-state index in [1.165, 1.54) is 30.6 Å². The molecule has 0 radical (unpaired) electrons. The fraction of sp³-hybridized carbons (Fsp3) is 0.417. The fourth-order valence-corrected chi connectivity index (χ4v) is 6.58. The van der Waals surface area contributed by atoms with Gasteiger partial charge in [0.25, 0.3) is 0 Å². The van der Waals surface area contributed by atoms with Gasteiger partial charge in [0.1, 0.15) is 5.75 Å². The molecule has 0 unspecified atom stereocenters. The van der Waals surface area contributed by atoms with Crippen molar-refractivity contribution in [3.8, 4) is 5.75 Å². The molecule has 1 amide bonds. The number of anilines is 1. The number of hydrogen-bond donors (Lipinski definition) is 0. The van der Waals surface area contributed by atoms with Crippen LogP contribution in [0, 0.1) is 0 Å². The number of thiazole rings is 1. The van der Waals surface area contributed by atoms with E-state index in [0.29, 0.717) is 37.2 Å². The number of carbonyl (C=O) groups excluding carboxylic acids is 1. The lowest BCUT2D eigenvalue weighted by molar-refractivity contribution is -0.118. The Hall–Kier alpha value is -2.18. The van der Waals surface area contributed by atoms with Crippen LogP contribution in [0.5, 0.6) is 5.75 Å². The van der Waals surface area contributed by atoms with Gasteiger partial charge in [-0.25, -0.2) is 13.4 Å². The molecule has 11 heteroatoms. The minimum atomic E-state index is -3.61. The van der Waals surface area contributed by atoms with E-state index in [4.69, 9.17) is 14.5 Å². The predicted octanol–water partition coefficient (Wildman–Crippen LogP) is 3.56. The molecule has 0 aliphatic carbocycles. The summed E-state index contributed by atoms with van der Waals surface area (Å²) in [5, 5.41) is 0.596. The summed E-state index contributed by atoms with van der Waals surface area (Å²) in [6.07, 6.45) is 1.90. The van der Waals surface area contributed by atoms with Crippen LogP contribution in [-0.4, -0.2) is 82.7 Å². The largest absolute Gasteiger partial charge is 0.497 e. The van der Waals surface area contributed by atoms with E-state index in [-0.39, 0.29) is 23.0 Å². The Morgan fingerprint density at radius 3 is 2.63 bits per heavy atom. The van der Waals surface area contributed by atoms with E-state index < -0.39 is 9.84 Å². The van der Waals surface area contributed by atoms with Crippen molar-refractivity contribution in [1.29, 1.82) is 0 Å². The first kappa shape index (κ1) is 25.9. The third kappa shape index (κ3) is 6.53. The maximum absolute atomic E-state index is 13.4. The average Bonchev–Trinajstić information content (AvgIpc) is 3.31. The number of hydrogen-bond acceptors (Lipinski definition) is 9. The van der Waals surface area contributed by atoms with Crippen LogP contribution in [0.15, 0.2) is 52.3 Å². The lowest BCUT2D eigenvalue weighted by Crippen LogP contribution is -2.43. The van der Waals surface area contributed by atoms with E-state index in [9.17, 15) is 13.2 Å². The molecule has 35 heavy (non-hydrogen) atoms. The Bertz CT molecular complexity index is 1260. The van der Waals surface area contributed by atoms with E-state index in [2.05, 4.69) is 11.0 Å². The van der Waals surface area contributed by atoms with Crippen LogP contribution in [0.3, 0.4) is 0 Å². The van der Waals surface area contributed by atoms with Gasteiger partial charge in [-0.1, -0.05) is 11.3 Å². The van der Waals surface area contributed by atoms with E-state index in [0.717, 1.165) is 28.2 Å². The van der Waals surface area contributed by atoms with Crippen molar-refractivity contribution in [1.82, 2.24) is 9.88 Å². The number of amides is 1. The minimum Gasteiger partial charge on any atom is -0.497 e. The standard InChI is InChI=1S/C24H29N3O5S3/c1-31-18-3-6-20(7-4-18)35(29,30)16-9-23(28)27(11-10-26-12-14-32-15-13-26)24-25-21-8-5-19(33-2)17-22(21)34-24/h3-8,17H,9-16H2,1-2H3. The van der Waals surface area contributed by atoms with Gasteiger partial charge in [0.15, 0.2) is 15.0 Å². The van der Waals surface area contributed by atoms with Gasteiger partial charge < -0.3 is 9.47 Å². The quantitative estimate of drug-likeness (QED) is 0.364. The molecule has 8 nitrogen and oxygen atoms in total. The Morgan fingerprint density at radius 1 is 1.20 bits per heavy atom. The van der Waals surface area contributed by atoms with Crippen LogP contribution < -0.4 is 9.64 Å². The first-order valence-electron chi connectivity index (χ1n) is 11.3. The second kappa shape index (κ2) is 11.7. The summed E-state index contributed by atoms with van der Waals surface area (Å²) in [7, 11) is -2.09.